The fourth-order valence-electron chi connectivity index (χ4n) is 4.13. The van der Waals surface area contributed by atoms with E-state index < -0.39 is 0 Å². The Hall–Kier alpha value is -4.26. The van der Waals surface area contributed by atoms with E-state index in [1.54, 1.807) is 0 Å². The molecule has 2 aliphatic rings. The Labute approximate surface area is 197 Å². The van der Waals surface area contributed by atoms with Crippen molar-refractivity contribution in [3.8, 4) is 22.8 Å². The number of furan rings is 1. The van der Waals surface area contributed by atoms with Crippen LogP contribution in [0.4, 0.5) is 0 Å². The minimum atomic E-state index is 0.112. The van der Waals surface area contributed by atoms with Crippen LogP contribution in [0, 0.1) is 0 Å². The van der Waals surface area contributed by atoms with Crippen LogP contribution in [-0.2, 0) is 0 Å². The molecule has 0 aliphatic carbocycles. The first kappa shape index (κ1) is 20.4. The molecule has 170 valence electrons. The maximum Gasteiger partial charge on any atom is 0.230 e. The number of hydrogen-bond acceptors (Lipinski definition) is 7. The van der Waals surface area contributed by atoms with E-state index in [2.05, 4.69) is 32.8 Å². The number of nitrogens with zero attached hydrogens (tertiary/aromatic N) is 2. The molecule has 0 atom stereocenters. The normalized spacial score (nSPS) is 14.9. The van der Waals surface area contributed by atoms with Gasteiger partial charge in [0, 0.05) is 35.2 Å². The molecule has 0 amide bonds. The zero-order valence-electron chi connectivity index (χ0n) is 18.6. The van der Waals surface area contributed by atoms with E-state index >= 15 is 0 Å². The van der Waals surface area contributed by atoms with Crippen molar-refractivity contribution in [3.05, 3.63) is 83.9 Å². The fourth-order valence-corrected chi connectivity index (χ4v) is 4.13. The third-order valence-electron chi connectivity index (χ3n) is 5.84. The van der Waals surface area contributed by atoms with Crippen molar-refractivity contribution in [2.24, 2.45) is 9.98 Å². The van der Waals surface area contributed by atoms with Crippen LogP contribution in [0.2, 0.25) is 0 Å². The van der Waals surface area contributed by atoms with Crippen LogP contribution in [0.15, 0.2) is 87.2 Å². The first-order valence-electron chi connectivity index (χ1n) is 11.4. The number of rotatable bonds is 7. The van der Waals surface area contributed by atoms with Crippen molar-refractivity contribution in [2.45, 2.75) is 0 Å². The molecule has 0 saturated carbocycles. The standard InChI is InChI=1S/C27H24N4O3/c1-2-19(25-16-21-14-20(6-9-24(21)34-25)27-30-12-13-31-27)15-23(3-1)33-17-32-22-7-4-18(5-8-22)26-28-10-11-29-26/h1-9,14-16H,10-13,17H2,(H,28,29)(H,30,31). The predicted octanol–water partition coefficient (Wildman–Crippen LogP) is 4.21. The first-order chi connectivity index (χ1) is 16.8. The SMILES string of the molecule is c1cc(OCOc2ccc(C3=NCCN3)cc2)cc(-c2cc3cc(C4=NCCN4)ccc3o2)c1. The highest BCUT2D eigenvalue weighted by Gasteiger charge is 2.12. The number of fused-ring (bicyclic) bond motifs is 1. The molecular weight excluding hydrogens is 428 g/mol. The summed E-state index contributed by atoms with van der Waals surface area (Å²) in [5, 5.41) is 7.62. The molecule has 0 spiro atoms. The third kappa shape index (κ3) is 4.20. The second-order valence-corrected chi connectivity index (χ2v) is 8.14. The third-order valence-corrected chi connectivity index (χ3v) is 5.84. The van der Waals surface area contributed by atoms with E-state index in [4.69, 9.17) is 13.9 Å². The molecule has 0 unspecified atom stereocenters. The van der Waals surface area contributed by atoms with Gasteiger partial charge >= 0.3 is 0 Å². The number of nitrogens with one attached hydrogen (secondary N) is 2. The van der Waals surface area contributed by atoms with Crippen molar-refractivity contribution in [1.29, 1.82) is 0 Å². The molecule has 0 bridgehead atoms. The monoisotopic (exact) mass is 452 g/mol. The van der Waals surface area contributed by atoms with Crippen LogP contribution in [0.5, 0.6) is 11.5 Å². The molecule has 2 N–H and O–H groups in total. The number of amidine groups is 2. The van der Waals surface area contributed by atoms with Crippen LogP contribution in [0.25, 0.3) is 22.3 Å². The molecule has 0 fully saturated rings. The highest BCUT2D eigenvalue weighted by molar-refractivity contribution is 6.02. The summed E-state index contributed by atoms with van der Waals surface area (Å²) in [7, 11) is 0. The van der Waals surface area contributed by atoms with Crippen LogP contribution in [0.1, 0.15) is 11.1 Å². The molecule has 2 aliphatic heterocycles. The maximum atomic E-state index is 6.09. The van der Waals surface area contributed by atoms with Crippen molar-refractivity contribution in [1.82, 2.24) is 10.6 Å². The summed E-state index contributed by atoms with van der Waals surface area (Å²) in [4.78, 5) is 8.93. The number of ether oxygens (including phenoxy) is 2. The van der Waals surface area contributed by atoms with Crippen molar-refractivity contribution in [3.63, 3.8) is 0 Å². The van der Waals surface area contributed by atoms with Crippen molar-refractivity contribution >= 4 is 22.6 Å². The lowest BCUT2D eigenvalue weighted by molar-refractivity contribution is 0.120. The van der Waals surface area contributed by atoms with Gasteiger partial charge in [0.05, 0.1) is 13.1 Å². The molecule has 6 rings (SSSR count). The summed E-state index contributed by atoms with van der Waals surface area (Å²) in [5.41, 5.74) is 3.92. The molecular formula is C27H24N4O3. The van der Waals surface area contributed by atoms with E-state index in [0.29, 0.717) is 5.75 Å². The van der Waals surface area contributed by atoms with Crippen LogP contribution in [0.3, 0.4) is 0 Å². The van der Waals surface area contributed by atoms with Gasteiger partial charge in [0.1, 0.15) is 34.5 Å². The summed E-state index contributed by atoms with van der Waals surface area (Å²) in [6, 6.07) is 23.8. The molecule has 1 aromatic heterocycles. The minimum Gasteiger partial charge on any atom is -0.458 e. The lowest BCUT2D eigenvalue weighted by Gasteiger charge is -2.10. The van der Waals surface area contributed by atoms with E-state index in [1.165, 1.54) is 0 Å². The lowest BCUT2D eigenvalue weighted by Crippen LogP contribution is -2.19. The van der Waals surface area contributed by atoms with Crippen molar-refractivity contribution in [2.75, 3.05) is 33.0 Å². The van der Waals surface area contributed by atoms with Gasteiger partial charge in [-0.1, -0.05) is 12.1 Å². The van der Waals surface area contributed by atoms with Gasteiger partial charge in [-0.15, -0.1) is 0 Å². The van der Waals surface area contributed by atoms with Crippen LogP contribution < -0.4 is 20.1 Å². The van der Waals surface area contributed by atoms with Gasteiger partial charge in [-0.2, -0.15) is 0 Å². The molecule has 7 heteroatoms. The minimum absolute atomic E-state index is 0.112. The number of hydrogen-bond donors (Lipinski definition) is 2. The summed E-state index contributed by atoms with van der Waals surface area (Å²) >= 11 is 0. The Morgan fingerprint density at radius 3 is 2.21 bits per heavy atom. The highest BCUT2D eigenvalue weighted by atomic mass is 16.7. The van der Waals surface area contributed by atoms with Crippen LogP contribution >= 0.6 is 0 Å². The van der Waals surface area contributed by atoms with Gasteiger partial charge in [-0.25, -0.2) is 0 Å². The Balaban J connectivity index is 1.12. The Morgan fingerprint density at radius 2 is 1.44 bits per heavy atom. The number of aliphatic imine (C=N–C) groups is 2. The predicted molar refractivity (Wildman–Crippen MR) is 133 cm³/mol. The Bertz CT molecular complexity index is 1390. The smallest absolute Gasteiger partial charge is 0.230 e. The summed E-state index contributed by atoms with van der Waals surface area (Å²) in [6.07, 6.45) is 0. The first-order valence-corrected chi connectivity index (χ1v) is 11.4. The van der Waals surface area contributed by atoms with E-state index in [-0.39, 0.29) is 6.79 Å². The van der Waals surface area contributed by atoms with E-state index in [9.17, 15) is 0 Å². The molecule has 3 heterocycles. The highest BCUT2D eigenvalue weighted by Crippen LogP contribution is 2.30. The van der Waals surface area contributed by atoms with Gasteiger partial charge in [0.25, 0.3) is 0 Å². The molecule has 3 aromatic carbocycles. The average Bonchev–Trinajstić information content (AvgIpc) is 3.66. The second-order valence-electron chi connectivity index (χ2n) is 8.14. The molecule has 0 saturated heterocycles. The summed E-state index contributed by atoms with van der Waals surface area (Å²) in [6.45, 7) is 3.53. The van der Waals surface area contributed by atoms with E-state index in [1.807, 2.05) is 60.7 Å². The zero-order valence-corrected chi connectivity index (χ0v) is 18.6. The van der Waals surface area contributed by atoms with Gasteiger partial charge in [-0.3, -0.25) is 9.98 Å². The average molecular weight is 453 g/mol. The Kier molecular flexibility index (Phi) is 5.35. The van der Waals surface area contributed by atoms with Gasteiger partial charge in [0.15, 0.2) is 0 Å². The lowest BCUT2D eigenvalue weighted by atomic mass is 10.1. The number of benzene rings is 3. The van der Waals surface area contributed by atoms with Gasteiger partial charge < -0.3 is 24.5 Å². The second kappa shape index (κ2) is 8.94. The molecule has 0 radical (unpaired) electrons. The van der Waals surface area contributed by atoms with Crippen LogP contribution in [-0.4, -0.2) is 44.6 Å². The van der Waals surface area contributed by atoms with Crippen molar-refractivity contribution < 1.29 is 13.9 Å². The Morgan fingerprint density at radius 1 is 0.706 bits per heavy atom. The quantitative estimate of drug-likeness (QED) is 0.411. The fraction of sp³-hybridized carbons (Fsp3) is 0.185. The van der Waals surface area contributed by atoms with E-state index in [0.717, 1.165) is 77.0 Å². The largest absolute Gasteiger partial charge is 0.458 e. The van der Waals surface area contributed by atoms with Gasteiger partial charge in [-0.05, 0) is 60.7 Å². The maximum absolute atomic E-state index is 6.09. The summed E-state index contributed by atoms with van der Waals surface area (Å²) < 4.78 is 17.7. The topological polar surface area (TPSA) is 80.4 Å². The van der Waals surface area contributed by atoms with Gasteiger partial charge in [0.2, 0.25) is 6.79 Å². The summed E-state index contributed by atoms with van der Waals surface area (Å²) in [5.74, 6) is 4.13. The molecule has 7 nitrogen and oxygen atoms in total. The molecule has 34 heavy (non-hydrogen) atoms. The zero-order chi connectivity index (χ0) is 22.7. The molecule has 4 aromatic rings.